The molecule has 0 unspecified atom stereocenters. The molecule has 2 N–H and O–H groups in total. The number of aromatic amines is 1. The zero-order valence-electron chi connectivity index (χ0n) is 16.9. The predicted octanol–water partition coefficient (Wildman–Crippen LogP) is 4.35. The van der Waals surface area contributed by atoms with E-state index in [0.717, 1.165) is 22.0 Å². The van der Waals surface area contributed by atoms with Gasteiger partial charge in [-0.3, -0.25) is 0 Å². The van der Waals surface area contributed by atoms with E-state index >= 15 is 0 Å². The van der Waals surface area contributed by atoms with Gasteiger partial charge in [-0.1, -0.05) is 48.5 Å². The van der Waals surface area contributed by atoms with Crippen LogP contribution >= 0.6 is 0 Å². The minimum atomic E-state index is -0.864. The van der Waals surface area contributed by atoms with Crippen LogP contribution in [-0.4, -0.2) is 28.7 Å². The average Bonchev–Trinajstić information content (AvgIpc) is 3.08. The molecule has 0 aliphatic rings. The van der Waals surface area contributed by atoms with Crippen molar-refractivity contribution in [3.05, 3.63) is 71.9 Å². The van der Waals surface area contributed by atoms with Crippen molar-refractivity contribution in [2.75, 3.05) is 0 Å². The Bertz CT molecular complexity index is 973. The van der Waals surface area contributed by atoms with Gasteiger partial charge in [-0.15, -0.1) is 0 Å². The van der Waals surface area contributed by atoms with E-state index in [9.17, 15) is 9.59 Å². The highest BCUT2D eigenvalue weighted by Crippen LogP contribution is 2.20. The highest BCUT2D eigenvalue weighted by molar-refractivity contribution is 5.86. The lowest BCUT2D eigenvalue weighted by Crippen LogP contribution is -2.45. The molecular formula is C23H26N2O4. The molecule has 6 nitrogen and oxygen atoms in total. The number of alkyl carbamates (subject to hydrolysis) is 1. The Morgan fingerprint density at radius 2 is 1.72 bits per heavy atom. The number of hydrogen-bond donors (Lipinski definition) is 2. The molecule has 2 aromatic carbocycles. The summed E-state index contributed by atoms with van der Waals surface area (Å²) in [7, 11) is 0. The first kappa shape index (κ1) is 20.5. The predicted molar refractivity (Wildman–Crippen MR) is 111 cm³/mol. The minimum absolute atomic E-state index is 0.126. The summed E-state index contributed by atoms with van der Waals surface area (Å²) in [4.78, 5) is 28.3. The van der Waals surface area contributed by atoms with Gasteiger partial charge in [0.25, 0.3) is 0 Å². The van der Waals surface area contributed by atoms with Gasteiger partial charge < -0.3 is 19.8 Å². The molecule has 29 heavy (non-hydrogen) atoms. The normalized spacial score (nSPS) is 12.4. The highest BCUT2D eigenvalue weighted by atomic mass is 16.6. The van der Waals surface area contributed by atoms with Crippen molar-refractivity contribution in [1.29, 1.82) is 0 Å². The molecule has 3 rings (SSSR count). The van der Waals surface area contributed by atoms with Crippen LogP contribution < -0.4 is 5.32 Å². The molecule has 0 radical (unpaired) electrons. The summed E-state index contributed by atoms with van der Waals surface area (Å²) in [5, 5.41) is 3.66. The minimum Gasteiger partial charge on any atom is -0.458 e. The SMILES string of the molecule is CC(C)(C)OC(=O)[C@@H](Cc1c[nH]c2ccccc12)NC(=O)OCc1ccccc1. The van der Waals surface area contributed by atoms with Crippen LogP contribution in [0.3, 0.4) is 0 Å². The van der Waals surface area contributed by atoms with Crippen LogP contribution in [0.25, 0.3) is 10.9 Å². The molecule has 6 heteroatoms. The van der Waals surface area contributed by atoms with Gasteiger partial charge in [0.05, 0.1) is 0 Å². The lowest BCUT2D eigenvalue weighted by Gasteiger charge is -2.24. The third-order valence-corrected chi connectivity index (χ3v) is 4.30. The van der Waals surface area contributed by atoms with Crippen LogP contribution in [0.4, 0.5) is 4.79 Å². The third kappa shape index (κ3) is 5.85. The number of hydrogen-bond acceptors (Lipinski definition) is 4. The summed E-state index contributed by atoms with van der Waals surface area (Å²) >= 11 is 0. The van der Waals surface area contributed by atoms with E-state index in [0.29, 0.717) is 6.42 Å². The first-order valence-corrected chi connectivity index (χ1v) is 9.57. The van der Waals surface area contributed by atoms with E-state index in [1.54, 1.807) is 20.8 Å². The van der Waals surface area contributed by atoms with Crippen LogP contribution in [0.15, 0.2) is 60.8 Å². The van der Waals surface area contributed by atoms with Crippen molar-refractivity contribution in [1.82, 2.24) is 10.3 Å². The van der Waals surface area contributed by atoms with Gasteiger partial charge in [0.2, 0.25) is 0 Å². The number of ether oxygens (including phenoxy) is 2. The summed E-state index contributed by atoms with van der Waals surface area (Å²) in [6, 6.07) is 16.3. The standard InChI is InChI=1S/C23H26N2O4/c1-23(2,3)29-21(26)20(13-17-14-24-19-12-8-7-11-18(17)19)25-22(27)28-15-16-9-5-4-6-10-16/h4-12,14,20,24H,13,15H2,1-3H3,(H,25,27)/t20-/m1/s1. The van der Waals surface area contributed by atoms with Gasteiger partial charge in [0.15, 0.2) is 0 Å². The highest BCUT2D eigenvalue weighted by Gasteiger charge is 2.28. The Balaban J connectivity index is 1.72. The van der Waals surface area contributed by atoms with E-state index in [2.05, 4.69) is 10.3 Å². The number of fused-ring (bicyclic) bond motifs is 1. The zero-order chi connectivity index (χ0) is 20.9. The fourth-order valence-corrected chi connectivity index (χ4v) is 2.99. The number of amides is 1. The van der Waals surface area contributed by atoms with Gasteiger partial charge >= 0.3 is 12.1 Å². The first-order chi connectivity index (χ1) is 13.8. The Morgan fingerprint density at radius 3 is 2.45 bits per heavy atom. The van der Waals surface area contributed by atoms with Gasteiger partial charge in [-0.25, -0.2) is 9.59 Å². The van der Waals surface area contributed by atoms with Gasteiger partial charge in [-0.2, -0.15) is 0 Å². The van der Waals surface area contributed by atoms with Crippen LogP contribution in [0.1, 0.15) is 31.9 Å². The van der Waals surface area contributed by atoms with Gasteiger partial charge in [0.1, 0.15) is 18.2 Å². The number of carbonyl (C=O) groups excluding carboxylic acids is 2. The number of esters is 1. The molecule has 1 aromatic heterocycles. The van der Waals surface area contributed by atoms with Crippen molar-refractivity contribution in [2.45, 2.75) is 45.4 Å². The molecule has 0 aliphatic heterocycles. The second kappa shape index (κ2) is 8.82. The number of aromatic nitrogens is 1. The summed E-state index contributed by atoms with van der Waals surface area (Å²) in [6.45, 7) is 5.50. The second-order valence-corrected chi connectivity index (χ2v) is 7.86. The zero-order valence-corrected chi connectivity index (χ0v) is 16.9. The Labute approximate surface area is 170 Å². The van der Waals surface area contributed by atoms with E-state index in [1.807, 2.05) is 60.8 Å². The molecule has 1 heterocycles. The molecule has 0 bridgehead atoms. The number of benzene rings is 2. The summed E-state index contributed by atoms with van der Waals surface area (Å²) in [6.07, 6.45) is 1.47. The number of nitrogens with one attached hydrogen (secondary N) is 2. The van der Waals surface area contributed by atoms with E-state index < -0.39 is 23.7 Å². The van der Waals surface area contributed by atoms with Crippen molar-refractivity contribution in [3.8, 4) is 0 Å². The number of para-hydroxylation sites is 1. The number of carbonyl (C=O) groups is 2. The lowest BCUT2D eigenvalue weighted by molar-refractivity contribution is -0.157. The quantitative estimate of drug-likeness (QED) is 0.609. The van der Waals surface area contributed by atoms with Crippen LogP contribution in [0.5, 0.6) is 0 Å². The van der Waals surface area contributed by atoms with Crippen molar-refractivity contribution >= 4 is 23.0 Å². The Morgan fingerprint density at radius 1 is 1.03 bits per heavy atom. The molecule has 0 saturated carbocycles. The molecule has 1 atom stereocenters. The fourth-order valence-electron chi connectivity index (χ4n) is 2.99. The molecule has 0 saturated heterocycles. The molecule has 0 fully saturated rings. The topological polar surface area (TPSA) is 80.4 Å². The molecule has 3 aromatic rings. The van der Waals surface area contributed by atoms with Crippen molar-refractivity contribution in [3.63, 3.8) is 0 Å². The van der Waals surface area contributed by atoms with Crippen LogP contribution in [0, 0.1) is 0 Å². The van der Waals surface area contributed by atoms with Crippen LogP contribution in [0.2, 0.25) is 0 Å². The van der Waals surface area contributed by atoms with Gasteiger partial charge in [-0.05, 0) is 38.0 Å². The third-order valence-electron chi connectivity index (χ3n) is 4.30. The van der Waals surface area contributed by atoms with Gasteiger partial charge in [0, 0.05) is 23.5 Å². The fraction of sp³-hybridized carbons (Fsp3) is 0.304. The Hall–Kier alpha value is -3.28. The molecule has 1 amide bonds. The largest absolute Gasteiger partial charge is 0.458 e. The summed E-state index contributed by atoms with van der Waals surface area (Å²) in [5.41, 5.74) is 2.09. The molecular weight excluding hydrogens is 368 g/mol. The first-order valence-electron chi connectivity index (χ1n) is 9.57. The maximum atomic E-state index is 12.7. The molecule has 152 valence electrons. The average molecular weight is 394 g/mol. The van der Waals surface area contributed by atoms with Crippen molar-refractivity contribution < 1.29 is 19.1 Å². The lowest BCUT2D eigenvalue weighted by atomic mass is 10.0. The number of H-pyrrole nitrogens is 1. The smallest absolute Gasteiger partial charge is 0.408 e. The monoisotopic (exact) mass is 394 g/mol. The van der Waals surface area contributed by atoms with E-state index in [4.69, 9.17) is 9.47 Å². The Kier molecular flexibility index (Phi) is 6.22. The van der Waals surface area contributed by atoms with Crippen LogP contribution in [-0.2, 0) is 27.3 Å². The number of rotatable bonds is 6. The molecule has 0 aliphatic carbocycles. The van der Waals surface area contributed by atoms with E-state index in [1.165, 1.54) is 0 Å². The summed E-state index contributed by atoms with van der Waals surface area (Å²) in [5.74, 6) is -0.501. The summed E-state index contributed by atoms with van der Waals surface area (Å²) < 4.78 is 10.8. The molecule has 0 spiro atoms. The maximum Gasteiger partial charge on any atom is 0.408 e. The maximum absolute atomic E-state index is 12.7. The van der Waals surface area contributed by atoms with E-state index in [-0.39, 0.29) is 6.61 Å². The second-order valence-electron chi connectivity index (χ2n) is 7.86. The van der Waals surface area contributed by atoms with Crippen molar-refractivity contribution in [2.24, 2.45) is 0 Å².